The Bertz CT molecular complexity index is 263. The summed E-state index contributed by atoms with van der Waals surface area (Å²) in [5.41, 5.74) is 0.169. The van der Waals surface area contributed by atoms with Gasteiger partial charge in [0.15, 0.2) is 0 Å². The molecule has 1 saturated carbocycles. The van der Waals surface area contributed by atoms with E-state index < -0.39 is 0 Å². The molecule has 1 aliphatic rings. The van der Waals surface area contributed by atoms with Gasteiger partial charge >= 0.3 is 0 Å². The Kier molecular flexibility index (Phi) is 4.99. The maximum atomic E-state index is 11.7. The molecular weight excluding hydrogens is 212 g/mol. The molecule has 0 spiro atoms. The van der Waals surface area contributed by atoms with Gasteiger partial charge in [-0.05, 0) is 32.9 Å². The molecule has 0 aromatic rings. The van der Waals surface area contributed by atoms with Crippen LogP contribution in [0.1, 0.15) is 46.5 Å². The SMILES string of the molecule is CC1CCCC(CNC(=O)C(C)C)(N(C)C)C1. The highest BCUT2D eigenvalue weighted by Crippen LogP contribution is 2.35. The van der Waals surface area contributed by atoms with Crippen LogP contribution in [-0.2, 0) is 4.79 Å². The van der Waals surface area contributed by atoms with Crippen LogP contribution in [-0.4, -0.2) is 37.0 Å². The third-order valence-corrected chi connectivity index (χ3v) is 4.13. The summed E-state index contributed by atoms with van der Waals surface area (Å²) < 4.78 is 0. The zero-order valence-corrected chi connectivity index (χ0v) is 12.0. The van der Waals surface area contributed by atoms with Gasteiger partial charge in [0.1, 0.15) is 0 Å². The Hall–Kier alpha value is -0.570. The summed E-state index contributed by atoms with van der Waals surface area (Å²) in [6.07, 6.45) is 4.99. The molecule has 2 unspecified atom stereocenters. The Morgan fingerprint density at radius 3 is 2.59 bits per heavy atom. The van der Waals surface area contributed by atoms with Gasteiger partial charge in [0, 0.05) is 18.0 Å². The minimum atomic E-state index is 0.0789. The minimum Gasteiger partial charge on any atom is -0.354 e. The second-order valence-electron chi connectivity index (χ2n) is 6.19. The van der Waals surface area contributed by atoms with E-state index in [4.69, 9.17) is 0 Å². The topological polar surface area (TPSA) is 32.3 Å². The van der Waals surface area contributed by atoms with Gasteiger partial charge < -0.3 is 10.2 Å². The average molecular weight is 240 g/mol. The molecule has 0 radical (unpaired) electrons. The van der Waals surface area contributed by atoms with Gasteiger partial charge in [0.2, 0.25) is 5.91 Å². The molecule has 1 aliphatic carbocycles. The molecule has 1 N–H and O–H groups in total. The third-order valence-electron chi connectivity index (χ3n) is 4.13. The lowest BCUT2D eigenvalue weighted by molar-refractivity contribution is -0.124. The quantitative estimate of drug-likeness (QED) is 0.817. The third kappa shape index (κ3) is 3.70. The van der Waals surface area contributed by atoms with Crippen molar-refractivity contribution in [2.75, 3.05) is 20.6 Å². The van der Waals surface area contributed by atoms with Crippen molar-refractivity contribution in [2.45, 2.75) is 52.0 Å². The zero-order chi connectivity index (χ0) is 13.1. The van der Waals surface area contributed by atoms with Gasteiger partial charge in [-0.15, -0.1) is 0 Å². The van der Waals surface area contributed by atoms with E-state index in [-0.39, 0.29) is 17.4 Å². The largest absolute Gasteiger partial charge is 0.354 e. The van der Waals surface area contributed by atoms with Crippen molar-refractivity contribution in [1.82, 2.24) is 10.2 Å². The van der Waals surface area contributed by atoms with Gasteiger partial charge in [-0.1, -0.05) is 33.6 Å². The van der Waals surface area contributed by atoms with Gasteiger partial charge in [0.05, 0.1) is 0 Å². The van der Waals surface area contributed by atoms with Gasteiger partial charge in [0.25, 0.3) is 0 Å². The number of rotatable bonds is 4. The fraction of sp³-hybridized carbons (Fsp3) is 0.929. The van der Waals surface area contributed by atoms with Crippen molar-refractivity contribution >= 4 is 5.91 Å². The van der Waals surface area contributed by atoms with Gasteiger partial charge in [-0.3, -0.25) is 4.79 Å². The molecule has 0 aromatic heterocycles. The normalized spacial score (nSPS) is 29.7. The Morgan fingerprint density at radius 1 is 1.47 bits per heavy atom. The van der Waals surface area contributed by atoms with Crippen molar-refractivity contribution in [1.29, 1.82) is 0 Å². The molecule has 0 aromatic carbocycles. The number of hydrogen-bond donors (Lipinski definition) is 1. The first-order valence-corrected chi connectivity index (χ1v) is 6.82. The lowest BCUT2D eigenvalue weighted by Gasteiger charge is -2.45. The first-order valence-electron chi connectivity index (χ1n) is 6.82. The van der Waals surface area contributed by atoms with Crippen molar-refractivity contribution in [3.05, 3.63) is 0 Å². The maximum Gasteiger partial charge on any atom is 0.222 e. The summed E-state index contributed by atoms with van der Waals surface area (Å²) >= 11 is 0. The van der Waals surface area contributed by atoms with E-state index in [9.17, 15) is 4.79 Å². The molecule has 3 heteroatoms. The Morgan fingerprint density at radius 2 is 2.12 bits per heavy atom. The highest BCUT2D eigenvalue weighted by atomic mass is 16.1. The molecule has 17 heavy (non-hydrogen) atoms. The molecular formula is C14H28N2O. The fourth-order valence-corrected chi connectivity index (χ4v) is 2.81. The van der Waals surface area contributed by atoms with E-state index in [1.807, 2.05) is 13.8 Å². The van der Waals surface area contributed by atoms with Crippen LogP contribution in [0.4, 0.5) is 0 Å². The van der Waals surface area contributed by atoms with Crippen molar-refractivity contribution in [2.24, 2.45) is 11.8 Å². The van der Waals surface area contributed by atoms with Crippen LogP contribution in [0.15, 0.2) is 0 Å². The summed E-state index contributed by atoms with van der Waals surface area (Å²) in [4.78, 5) is 14.0. The number of carbonyl (C=O) groups is 1. The number of nitrogens with one attached hydrogen (secondary N) is 1. The van der Waals surface area contributed by atoms with Crippen LogP contribution >= 0.6 is 0 Å². The van der Waals surface area contributed by atoms with E-state index in [1.54, 1.807) is 0 Å². The molecule has 0 saturated heterocycles. The summed E-state index contributed by atoms with van der Waals surface area (Å²) in [5, 5.41) is 3.11. The number of amides is 1. The van der Waals surface area contributed by atoms with Gasteiger partial charge in [-0.2, -0.15) is 0 Å². The molecule has 100 valence electrons. The Balaban J connectivity index is 2.62. The van der Waals surface area contributed by atoms with Crippen LogP contribution in [0.3, 0.4) is 0 Å². The second kappa shape index (κ2) is 5.85. The van der Waals surface area contributed by atoms with Crippen LogP contribution in [0, 0.1) is 11.8 Å². The molecule has 0 aliphatic heterocycles. The summed E-state index contributed by atoms with van der Waals surface area (Å²) in [6.45, 7) is 7.01. The molecule has 3 nitrogen and oxygen atoms in total. The molecule has 0 bridgehead atoms. The zero-order valence-electron chi connectivity index (χ0n) is 12.0. The molecule has 2 atom stereocenters. The highest BCUT2D eigenvalue weighted by molar-refractivity contribution is 5.77. The monoisotopic (exact) mass is 240 g/mol. The predicted molar refractivity (Wildman–Crippen MR) is 71.9 cm³/mol. The lowest BCUT2D eigenvalue weighted by Crippen LogP contribution is -2.55. The molecule has 1 fully saturated rings. The number of nitrogens with zero attached hydrogens (tertiary/aromatic N) is 1. The van der Waals surface area contributed by atoms with E-state index in [2.05, 4.69) is 31.2 Å². The maximum absolute atomic E-state index is 11.7. The molecule has 1 rings (SSSR count). The Labute approximate surface area is 106 Å². The van der Waals surface area contributed by atoms with E-state index in [1.165, 1.54) is 25.7 Å². The van der Waals surface area contributed by atoms with Crippen molar-refractivity contribution in [3.63, 3.8) is 0 Å². The molecule has 0 heterocycles. The molecule has 1 amide bonds. The van der Waals surface area contributed by atoms with Crippen LogP contribution in [0.5, 0.6) is 0 Å². The standard InChI is InChI=1S/C14H28N2O/c1-11(2)13(17)15-10-14(16(4)5)8-6-7-12(3)9-14/h11-12H,6-10H2,1-5H3,(H,15,17). The fourth-order valence-electron chi connectivity index (χ4n) is 2.81. The minimum absolute atomic E-state index is 0.0789. The number of likely N-dealkylation sites (N-methyl/N-ethyl adjacent to an activating group) is 1. The summed E-state index contributed by atoms with van der Waals surface area (Å²) in [5.74, 6) is 1.02. The first-order chi connectivity index (χ1) is 7.87. The van der Waals surface area contributed by atoms with Crippen LogP contribution < -0.4 is 5.32 Å². The lowest BCUT2D eigenvalue weighted by atomic mass is 9.75. The van der Waals surface area contributed by atoms with E-state index >= 15 is 0 Å². The second-order valence-corrected chi connectivity index (χ2v) is 6.19. The van der Waals surface area contributed by atoms with E-state index in [0.29, 0.717) is 0 Å². The predicted octanol–water partition coefficient (Wildman–Crippen LogP) is 2.27. The van der Waals surface area contributed by atoms with E-state index in [0.717, 1.165) is 12.5 Å². The smallest absolute Gasteiger partial charge is 0.222 e. The summed E-state index contributed by atoms with van der Waals surface area (Å²) in [6, 6.07) is 0. The van der Waals surface area contributed by atoms with Gasteiger partial charge in [-0.25, -0.2) is 0 Å². The first kappa shape index (κ1) is 14.5. The van der Waals surface area contributed by atoms with Crippen LogP contribution in [0.25, 0.3) is 0 Å². The number of hydrogen-bond acceptors (Lipinski definition) is 2. The highest BCUT2D eigenvalue weighted by Gasteiger charge is 2.37. The summed E-state index contributed by atoms with van der Waals surface area (Å²) in [7, 11) is 4.28. The van der Waals surface area contributed by atoms with Crippen LogP contribution in [0.2, 0.25) is 0 Å². The average Bonchev–Trinajstić information content (AvgIpc) is 2.25. The van der Waals surface area contributed by atoms with Crippen molar-refractivity contribution in [3.8, 4) is 0 Å². The number of carbonyl (C=O) groups excluding carboxylic acids is 1. The van der Waals surface area contributed by atoms with Crippen molar-refractivity contribution < 1.29 is 4.79 Å².